The van der Waals surface area contributed by atoms with E-state index in [4.69, 9.17) is 22.1 Å². The lowest BCUT2D eigenvalue weighted by atomic mass is 10.2. The van der Waals surface area contributed by atoms with E-state index in [9.17, 15) is 14.7 Å². The summed E-state index contributed by atoms with van der Waals surface area (Å²) in [6.45, 7) is 3.31. The third kappa shape index (κ3) is 7.07. The van der Waals surface area contributed by atoms with Crippen LogP contribution in [-0.2, 0) is 11.3 Å². The highest BCUT2D eigenvalue weighted by atomic mass is 79.9. The Kier molecular flexibility index (Phi) is 9.89. The van der Waals surface area contributed by atoms with E-state index in [0.717, 1.165) is 16.2 Å². The van der Waals surface area contributed by atoms with Crippen molar-refractivity contribution in [1.82, 2.24) is 14.9 Å². The molecule has 36 heavy (non-hydrogen) atoms. The highest BCUT2D eigenvalue weighted by Crippen LogP contribution is 2.37. The maximum atomic E-state index is 13.4. The zero-order valence-corrected chi connectivity index (χ0v) is 22.7. The number of anilines is 1. The Morgan fingerprint density at radius 1 is 1.28 bits per heavy atom. The number of carbonyl (C=O) groups excluding carboxylic acids is 2. The number of nitrogens with two attached hydrogens (primary N) is 1. The van der Waals surface area contributed by atoms with Gasteiger partial charge in [-0.1, -0.05) is 23.7 Å². The van der Waals surface area contributed by atoms with Gasteiger partial charge in [0.2, 0.25) is 11.5 Å². The first-order valence-electron chi connectivity index (χ1n) is 10.8. The van der Waals surface area contributed by atoms with Crippen LogP contribution < -0.4 is 10.5 Å². The summed E-state index contributed by atoms with van der Waals surface area (Å²) in [5, 5.41) is 9.67. The van der Waals surface area contributed by atoms with Crippen molar-refractivity contribution in [2.75, 3.05) is 12.3 Å². The van der Waals surface area contributed by atoms with Gasteiger partial charge in [-0.05, 0) is 71.9 Å². The second kappa shape index (κ2) is 12.9. The Labute approximate surface area is 226 Å². The Hall–Kier alpha value is -2.92. The Bertz CT molecular complexity index is 1300. The Morgan fingerprint density at radius 2 is 2.03 bits per heavy atom. The van der Waals surface area contributed by atoms with Gasteiger partial charge in [0, 0.05) is 40.4 Å². The number of rotatable bonds is 10. The van der Waals surface area contributed by atoms with Crippen LogP contribution in [-0.4, -0.2) is 38.1 Å². The van der Waals surface area contributed by atoms with Crippen LogP contribution in [0.1, 0.15) is 35.1 Å². The first-order valence-corrected chi connectivity index (χ1v) is 12.8. The van der Waals surface area contributed by atoms with Crippen LogP contribution >= 0.6 is 39.3 Å². The van der Waals surface area contributed by atoms with Gasteiger partial charge >= 0.3 is 0 Å². The number of aliphatic hydroxyl groups is 1. The van der Waals surface area contributed by atoms with Gasteiger partial charge in [0.25, 0.3) is 0 Å². The van der Waals surface area contributed by atoms with Gasteiger partial charge < -0.3 is 20.5 Å². The average Bonchev–Trinajstić information content (AvgIpc) is 2.85. The molecule has 0 saturated heterocycles. The molecule has 0 radical (unpaired) electrons. The summed E-state index contributed by atoms with van der Waals surface area (Å²) >= 11 is 10.5. The molecular weight excluding hydrogens is 568 g/mol. The lowest BCUT2D eigenvalue weighted by Gasteiger charge is -2.22. The molecule has 188 valence electrons. The van der Waals surface area contributed by atoms with Crippen LogP contribution in [0.5, 0.6) is 11.5 Å². The molecule has 0 bridgehead atoms. The molecule has 0 spiro atoms. The smallest absolute Gasteiger partial charge is 0.227 e. The van der Waals surface area contributed by atoms with Gasteiger partial charge in [-0.25, -0.2) is 9.97 Å². The van der Waals surface area contributed by atoms with E-state index in [1.807, 2.05) is 18.2 Å². The van der Waals surface area contributed by atoms with Crippen LogP contribution in [0.15, 0.2) is 63.7 Å². The second-order valence-corrected chi connectivity index (χ2v) is 9.96. The fraction of sp³-hybridized carbons (Fsp3) is 0.200. The molecule has 3 rings (SSSR count). The normalized spacial score (nSPS) is 11.6. The van der Waals surface area contributed by atoms with Crippen LogP contribution in [0.2, 0.25) is 5.02 Å². The van der Waals surface area contributed by atoms with Crippen molar-refractivity contribution >= 4 is 56.6 Å². The number of nitrogens with zero attached hydrogens (tertiary/aromatic N) is 3. The third-order valence-electron chi connectivity index (χ3n) is 5.09. The molecule has 0 saturated carbocycles. The molecule has 0 unspecified atom stereocenters. The summed E-state index contributed by atoms with van der Waals surface area (Å²) in [5.41, 5.74) is 7.29. The molecule has 1 amide bonds. The van der Waals surface area contributed by atoms with Crippen LogP contribution in [0.3, 0.4) is 0 Å². The number of hydrogen-bond donors (Lipinski definition) is 2. The quantitative estimate of drug-likeness (QED) is 0.287. The second-order valence-electron chi connectivity index (χ2n) is 7.61. The van der Waals surface area contributed by atoms with Crippen molar-refractivity contribution in [2.45, 2.75) is 26.8 Å². The third-order valence-corrected chi connectivity index (χ3v) is 7.14. The SMILES string of the molecule is CC(=C(CCO)SC(=O)c1cc(Cl)ccc1Oc1ccccc1Br)N(C=O)Cc1cnc(C)nc1N. The summed E-state index contributed by atoms with van der Waals surface area (Å²) in [4.78, 5) is 35.5. The van der Waals surface area contributed by atoms with E-state index in [0.29, 0.717) is 44.9 Å². The number of ether oxygens (including phenoxy) is 1. The first kappa shape index (κ1) is 27.7. The van der Waals surface area contributed by atoms with Gasteiger partial charge in [-0.15, -0.1) is 0 Å². The van der Waals surface area contributed by atoms with E-state index < -0.39 is 0 Å². The molecule has 0 aliphatic carbocycles. The molecule has 0 atom stereocenters. The number of hydrogen-bond acceptors (Lipinski definition) is 8. The van der Waals surface area contributed by atoms with Crippen LogP contribution in [0.4, 0.5) is 5.82 Å². The minimum absolute atomic E-state index is 0.110. The fourth-order valence-electron chi connectivity index (χ4n) is 3.18. The summed E-state index contributed by atoms with van der Waals surface area (Å²) in [6, 6.07) is 12.0. The van der Waals surface area contributed by atoms with Crippen molar-refractivity contribution in [3.63, 3.8) is 0 Å². The summed E-state index contributed by atoms with van der Waals surface area (Å²) in [7, 11) is 0. The summed E-state index contributed by atoms with van der Waals surface area (Å²) < 4.78 is 6.72. The summed E-state index contributed by atoms with van der Waals surface area (Å²) in [5.74, 6) is 1.64. The van der Waals surface area contributed by atoms with Gasteiger partial charge in [-0.2, -0.15) is 0 Å². The highest BCUT2D eigenvalue weighted by molar-refractivity contribution is 9.10. The average molecular weight is 592 g/mol. The number of para-hydroxylation sites is 1. The predicted molar refractivity (Wildman–Crippen MR) is 145 cm³/mol. The lowest BCUT2D eigenvalue weighted by Crippen LogP contribution is -2.22. The molecule has 8 nitrogen and oxygen atoms in total. The number of amides is 1. The summed E-state index contributed by atoms with van der Waals surface area (Å²) in [6.07, 6.45) is 2.36. The number of nitrogen functional groups attached to an aromatic ring is 1. The number of aryl methyl sites for hydroxylation is 1. The highest BCUT2D eigenvalue weighted by Gasteiger charge is 2.21. The largest absolute Gasteiger partial charge is 0.455 e. The molecular formula is C25H24BrClN4O4S. The molecule has 0 aliphatic heterocycles. The van der Waals surface area contributed by atoms with Crippen molar-refractivity contribution in [3.05, 3.63) is 85.7 Å². The molecule has 2 aromatic carbocycles. The maximum Gasteiger partial charge on any atom is 0.227 e. The fourth-order valence-corrected chi connectivity index (χ4v) is 4.67. The Morgan fingerprint density at radius 3 is 2.69 bits per heavy atom. The first-order chi connectivity index (χ1) is 17.2. The molecule has 0 fully saturated rings. The topological polar surface area (TPSA) is 119 Å². The van der Waals surface area contributed by atoms with Gasteiger partial charge in [0.15, 0.2) is 0 Å². The monoisotopic (exact) mass is 590 g/mol. The number of benzene rings is 2. The number of aromatic nitrogens is 2. The van der Waals surface area contributed by atoms with E-state index in [1.54, 1.807) is 38.2 Å². The van der Waals surface area contributed by atoms with E-state index in [1.165, 1.54) is 11.0 Å². The molecule has 3 N–H and O–H groups in total. The van der Waals surface area contributed by atoms with Gasteiger partial charge in [0.05, 0.1) is 16.6 Å². The molecule has 1 aromatic heterocycles. The molecule has 11 heteroatoms. The minimum atomic E-state index is -0.355. The number of carbonyl (C=O) groups is 2. The van der Waals surface area contributed by atoms with Crippen molar-refractivity contribution in [2.24, 2.45) is 0 Å². The van der Waals surface area contributed by atoms with Gasteiger partial charge in [-0.3, -0.25) is 9.59 Å². The zero-order chi connectivity index (χ0) is 26.2. The molecule has 1 heterocycles. The van der Waals surface area contributed by atoms with Crippen molar-refractivity contribution in [1.29, 1.82) is 0 Å². The minimum Gasteiger partial charge on any atom is -0.455 e. The molecule has 0 aliphatic rings. The predicted octanol–water partition coefficient (Wildman–Crippen LogP) is 5.72. The number of halogens is 2. The van der Waals surface area contributed by atoms with Gasteiger partial charge in [0.1, 0.15) is 23.1 Å². The number of thioether (sulfide) groups is 1. The maximum absolute atomic E-state index is 13.4. The van der Waals surface area contributed by atoms with Crippen molar-refractivity contribution < 1.29 is 19.4 Å². The van der Waals surface area contributed by atoms with Crippen molar-refractivity contribution in [3.8, 4) is 11.5 Å². The number of aliphatic hydroxyl groups excluding tert-OH is 1. The molecule has 3 aromatic rings. The van der Waals surface area contributed by atoms with E-state index in [-0.39, 0.29) is 36.1 Å². The standard InChI is InChI=1S/C25H24BrClN4O4S/c1-15(31(14-33)13-17-12-29-16(2)30-24(17)28)23(9-10-32)36-25(34)19-11-18(27)7-8-21(19)35-22-6-4-3-5-20(22)26/h3-8,11-12,14,32H,9-10,13H2,1-2H3,(H2,28,29,30). The number of allylic oxidation sites excluding steroid dienone is 1. The van der Waals surface area contributed by atoms with Crippen LogP contribution in [0, 0.1) is 6.92 Å². The Balaban J connectivity index is 1.91. The zero-order valence-electron chi connectivity index (χ0n) is 19.6. The van der Waals surface area contributed by atoms with E-state index in [2.05, 4.69) is 25.9 Å². The van der Waals surface area contributed by atoms with E-state index >= 15 is 0 Å². The lowest BCUT2D eigenvalue weighted by molar-refractivity contribution is -0.116. The van der Waals surface area contributed by atoms with Crippen LogP contribution in [0.25, 0.3) is 0 Å².